The fourth-order valence-corrected chi connectivity index (χ4v) is 2.28. The third-order valence-corrected chi connectivity index (χ3v) is 3.70. The molecule has 0 heterocycles. The van der Waals surface area contributed by atoms with Gasteiger partial charge in [-0.15, -0.1) is 0 Å². The number of hydrogen-bond acceptors (Lipinski definition) is 3. The zero-order valence-electron chi connectivity index (χ0n) is 11.9. The number of alkyl halides is 3. The van der Waals surface area contributed by atoms with E-state index in [1.54, 1.807) is 30.3 Å². The van der Waals surface area contributed by atoms with Gasteiger partial charge in [0.05, 0.1) is 18.2 Å². The van der Waals surface area contributed by atoms with Crippen molar-refractivity contribution in [3.63, 3.8) is 0 Å². The molecular weight excluding hydrogens is 375 g/mol. The van der Waals surface area contributed by atoms with E-state index < -0.39 is 11.7 Å². The van der Waals surface area contributed by atoms with Crippen LogP contribution in [-0.4, -0.2) is 7.11 Å². The van der Waals surface area contributed by atoms with Gasteiger partial charge < -0.3 is 9.47 Å². The molecule has 0 aliphatic carbocycles. The molecule has 0 amide bonds. The molecule has 3 nitrogen and oxygen atoms in total. The van der Waals surface area contributed by atoms with E-state index in [0.717, 1.165) is 12.1 Å². The molecule has 0 aliphatic heterocycles. The molecule has 0 aromatic heterocycles. The van der Waals surface area contributed by atoms with Gasteiger partial charge in [0.25, 0.3) is 0 Å². The maximum atomic E-state index is 13.1. The van der Waals surface area contributed by atoms with Gasteiger partial charge in [-0.25, -0.2) is 0 Å². The van der Waals surface area contributed by atoms with Gasteiger partial charge in [0, 0.05) is 4.47 Å². The Kier molecular flexibility index (Phi) is 5.16. The fourth-order valence-electron chi connectivity index (χ4n) is 1.86. The van der Waals surface area contributed by atoms with Crippen molar-refractivity contribution < 1.29 is 22.6 Å². The number of rotatable bonds is 4. The van der Waals surface area contributed by atoms with Crippen LogP contribution in [0.15, 0.2) is 40.9 Å². The maximum Gasteiger partial charge on any atom is 0.420 e. The minimum Gasteiger partial charge on any atom is -0.497 e. The van der Waals surface area contributed by atoms with E-state index in [1.807, 2.05) is 0 Å². The summed E-state index contributed by atoms with van der Waals surface area (Å²) in [5, 5.41) is 8.86. The summed E-state index contributed by atoms with van der Waals surface area (Å²) in [5.41, 5.74) is -0.390. The second kappa shape index (κ2) is 6.92. The van der Waals surface area contributed by atoms with Crippen LogP contribution in [0.3, 0.4) is 0 Å². The molecule has 2 aromatic carbocycles. The van der Waals surface area contributed by atoms with Gasteiger partial charge in [-0.05, 0) is 45.8 Å². The Morgan fingerprint density at radius 2 is 1.83 bits per heavy atom. The van der Waals surface area contributed by atoms with Crippen LogP contribution in [0.4, 0.5) is 13.2 Å². The molecule has 0 N–H and O–H groups in total. The predicted molar refractivity (Wildman–Crippen MR) is 81.2 cm³/mol. The highest BCUT2D eigenvalue weighted by Crippen LogP contribution is 2.39. The van der Waals surface area contributed by atoms with Crippen molar-refractivity contribution in [1.82, 2.24) is 0 Å². The predicted octanol–water partition coefficient (Wildman–Crippen LogP) is 4.93. The lowest BCUT2D eigenvalue weighted by Gasteiger charge is -2.15. The first kappa shape index (κ1) is 17.2. The summed E-state index contributed by atoms with van der Waals surface area (Å²) in [6.07, 6.45) is -4.61. The number of nitrogens with zero attached hydrogens (tertiary/aromatic N) is 1. The number of hydrogen-bond donors (Lipinski definition) is 0. The van der Waals surface area contributed by atoms with Gasteiger partial charge in [0.2, 0.25) is 0 Å². The van der Waals surface area contributed by atoms with Crippen LogP contribution in [0.1, 0.15) is 16.7 Å². The van der Waals surface area contributed by atoms with Crippen molar-refractivity contribution in [2.75, 3.05) is 7.11 Å². The Morgan fingerprint density at radius 1 is 1.17 bits per heavy atom. The van der Waals surface area contributed by atoms with Crippen LogP contribution < -0.4 is 9.47 Å². The van der Waals surface area contributed by atoms with E-state index in [1.165, 1.54) is 7.11 Å². The Bertz CT molecular complexity index is 737. The molecule has 0 saturated heterocycles. The number of ether oxygens (including phenoxy) is 2. The molecule has 2 aromatic rings. The third kappa shape index (κ3) is 4.17. The van der Waals surface area contributed by atoms with Crippen molar-refractivity contribution in [3.05, 3.63) is 57.6 Å². The summed E-state index contributed by atoms with van der Waals surface area (Å²) in [7, 11) is 1.52. The molecule has 23 heavy (non-hydrogen) atoms. The Hall–Kier alpha value is -2.20. The highest BCUT2D eigenvalue weighted by Gasteiger charge is 2.35. The average molecular weight is 386 g/mol. The molecular formula is C16H11BrF3NO2. The number of nitriles is 1. The molecule has 120 valence electrons. The van der Waals surface area contributed by atoms with Crippen molar-refractivity contribution in [2.45, 2.75) is 12.8 Å². The number of benzene rings is 2. The summed E-state index contributed by atoms with van der Waals surface area (Å²) in [4.78, 5) is 0. The minimum absolute atomic E-state index is 0.0363. The van der Waals surface area contributed by atoms with Crippen molar-refractivity contribution in [1.29, 1.82) is 5.26 Å². The van der Waals surface area contributed by atoms with E-state index in [4.69, 9.17) is 14.7 Å². The van der Waals surface area contributed by atoms with Gasteiger partial charge in [-0.2, -0.15) is 18.4 Å². The van der Waals surface area contributed by atoms with Gasteiger partial charge in [0.15, 0.2) is 0 Å². The molecule has 7 heteroatoms. The van der Waals surface area contributed by atoms with Gasteiger partial charge in [-0.1, -0.05) is 12.1 Å². The van der Waals surface area contributed by atoms with Gasteiger partial charge in [0.1, 0.15) is 24.2 Å². The topological polar surface area (TPSA) is 42.2 Å². The smallest absolute Gasteiger partial charge is 0.420 e. The molecule has 0 aliphatic rings. The molecule has 0 spiro atoms. The van der Waals surface area contributed by atoms with Crippen LogP contribution >= 0.6 is 15.9 Å². The van der Waals surface area contributed by atoms with Gasteiger partial charge in [-0.3, -0.25) is 0 Å². The van der Waals surface area contributed by atoms with Crippen molar-refractivity contribution >= 4 is 15.9 Å². The monoisotopic (exact) mass is 385 g/mol. The van der Waals surface area contributed by atoms with Crippen LogP contribution in [0.25, 0.3) is 0 Å². The van der Waals surface area contributed by atoms with E-state index in [2.05, 4.69) is 15.9 Å². The van der Waals surface area contributed by atoms with E-state index in [9.17, 15) is 13.2 Å². The summed E-state index contributed by atoms with van der Waals surface area (Å²) in [6.45, 7) is -0.0363. The Balaban J connectivity index is 2.27. The first-order valence-corrected chi connectivity index (χ1v) is 7.21. The average Bonchev–Trinajstić information content (AvgIpc) is 2.52. The number of methoxy groups -OCH3 is 1. The van der Waals surface area contributed by atoms with Crippen molar-refractivity contribution in [2.24, 2.45) is 0 Å². The summed E-state index contributed by atoms with van der Waals surface area (Å²) >= 11 is 3.07. The van der Waals surface area contributed by atoms with Crippen LogP contribution in [0.2, 0.25) is 0 Å². The largest absolute Gasteiger partial charge is 0.497 e. The standard InChI is InChI=1S/C16H11BrF3NO2/c1-22-12-4-2-10(3-5-12)9-23-15-7-14(17)11(8-21)6-13(15)16(18,19)20/h2-7H,9H2,1H3. The molecule has 0 unspecified atom stereocenters. The lowest BCUT2D eigenvalue weighted by atomic mass is 10.1. The molecule has 0 fully saturated rings. The minimum atomic E-state index is -4.61. The highest BCUT2D eigenvalue weighted by atomic mass is 79.9. The summed E-state index contributed by atoms with van der Waals surface area (Å²) < 4.78 is 49.9. The lowest BCUT2D eigenvalue weighted by Crippen LogP contribution is -2.09. The zero-order valence-corrected chi connectivity index (χ0v) is 13.5. The number of halogens is 4. The second-order valence-electron chi connectivity index (χ2n) is 4.57. The summed E-state index contributed by atoms with van der Waals surface area (Å²) in [5.74, 6) is 0.310. The molecule has 0 bridgehead atoms. The van der Waals surface area contributed by atoms with E-state index >= 15 is 0 Å². The van der Waals surface area contributed by atoms with Crippen molar-refractivity contribution in [3.8, 4) is 17.6 Å². The maximum absolute atomic E-state index is 13.1. The molecule has 0 saturated carbocycles. The Morgan fingerprint density at radius 3 is 2.35 bits per heavy atom. The van der Waals surface area contributed by atoms with Crippen LogP contribution in [0, 0.1) is 11.3 Å². The Labute approximate surface area is 139 Å². The summed E-state index contributed by atoms with van der Waals surface area (Å²) in [6, 6.07) is 10.4. The molecule has 2 rings (SSSR count). The zero-order chi connectivity index (χ0) is 17.0. The van der Waals surface area contributed by atoms with Gasteiger partial charge >= 0.3 is 6.18 Å². The second-order valence-corrected chi connectivity index (χ2v) is 5.43. The first-order valence-electron chi connectivity index (χ1n) is 6.41. The quantitative estimate of drug-likeness (QED) is 0.749. The molecule has 0 atom stereocenters. The van der Waals surface area contributed by atoms with Crippen LogP contribution in [-0.2, 0) is 12.8 Å². The normalized spacial score (nSPS) is 11.0. The highest BCUT2D eigenvalue weighted by molar-refractivity contribution is 9.10. The molecule has 0 radical (unpaired) electrons. The van der Waals surface area contributed by atoms with E-state index in [0.29, 0.717) is 11.3 Å². The third-order valence-electron chi connectivity index (χ3n) is 3.05. The van der Waals surface area contributed by atoms with E-state index in [-0.39, 0.29) is 22.4 Å². The van der Waals surface area contributed by atoms with Crippen LogP contribution in [0.5, 0.6) is 11.5 Å². The fraction of sp³-hybridized carbons (Fsp3) is 0.188. The lowest BCUT2D eigenvalue weighted by molar-refractivity contribution is -0.139. The SMILES string of the molecule is COc1ccc(COc2cc(Br)c(C#N)cc2C(F)(F)F)cc1. The first-order chi connectivity index (χ1) is 10.8.